The molecule has 0 bridgehead atoms. The van der Waals surface area contributed by atoms with Crippen molar-refractivity contribution in [3.05, 3.63) is 72.7 Å². The quantitative estimate of drug-likeness (QED) is 0.796. The van der Waals surface area contributed by atoms with E-state index >= 15 is 0 Å². The number of aromatic nitrogens is 3. The maximum Gasteiger partial charge on any atom is 0.273 e. The zero-order valence-corrected chi connectivity index (χ0v) is 13.2. The van der Waals surface area contributed by atoms with Gasteiger partial charge in [-0.1, -0.05) is 35.5 Å². The van der Waals surface area contributed by atoms with Gasteiger partial charge >= 0.3 is 0 Å². The van der Waals surface area contributed by atoms with Gasteiger partial charge in [-0.3, -0.25) is 4.79 Å². The Labute approximate surface area is 144 Å². The minimum Gasteiger partial charge on any atom is -0.387 e. The van der Waals surface area contributed by atoms with Crippen LogP contribution in [0.5, 0.6) is 0 Å². The molecule has 1 aromatic carbocycles. The SMILES string of the molecule is O=C(Nc1ccc(-n2cccn2)nc1)C1=NO[C@@H](c2ccccc2)C1. The Bertz CT molecular complexity index is 889. The third kappa shape index (κ3) is 3.25. The van der Waals surface area contributed by atoms with Crippen LogP contribution in [0.15, 0.2) is 72.3 Å². The minimum atomic E-state index is -0.285. The molecule has 25 heavy (non-hydrogen) atoms. The van der Waals surface area contributed by atoms with Crippen molar-refractivity contribution in [1.82, 2.24) is 14.8 Å². The molecule has 1 amide bonds. The van der Waals surface area contributed by atoms with Gasteiger partial charge in [-0.05, 0) is 23.8 Å². The fraction of sp³-hybridized carbons (Fsp3) is 0.111. The highest BCUT2D eigenvalue weighted by atomic mass is 16.6. The lowest BCUT2D eigenvalue weighted by atomic mass is 10.0. The number of carbonyl (C=O) groups excluding carboxylic acids is 1. The Morgan fingerprint density at radius 2 is 2.04 bits per heavy atom. The van der Waals surface area contributed by atoms with Gasteiger partial charge in [-0.15, -0.1) is 0 Å². The highest BCUT2D eigenvalue weighted by molar-refractivity contribution is 6.43. The molecule has 0 unspecified atom stereocenters. The van der Waals surface area contributed by atoms with E-state index in [0.29, 0.717) is 23.6 Å². The summed E-state index contributed by atoms with van der Waals surface area (Å²) in [5.74, 6) is 0.390. The van der Waals surface area contributed by atoms with E-state index < -0.39 is 0 Å². The van der Waals surface area contributed by atoms with Crippen LogP contribution < -0.4 is 5.32 Å². The summed E-state index contributed by atoms with van der Waals surface area (Å²) < 4.78 is 1.64. The normalized spacial score (nSPS) is 16.2. The number of nitrogens with one attached hydrogen (secondary N) is 1. The van der Waals surface area contributed by atoms with Crippen LogP contribution in [0.3, 0.4) is 0 Å². The summed E-state index contributed by atoms with van der Waals surface area (Å²) in [6, 6.07) is 15.1. The first-order valence-corrected chi connectivity index (χ1v) is 7.85. The van der Waals surface area contributed by atoms with Crippen molar-refractivity contribution < 1.29 is 9.63 Å². The third-order valence-corrected chi connectivity index (χ3v) is 3.85. The van der Waals surface area contributed by atoms with Crippen LogP contribution in [0, 0.1) is 0 Å². The maximum absolute atomic E-state index is 12.3. The Kier molecular flexibility index (Phi) is 3.96. The zero-order valence-electron chi connectivity index (χ0n) is 13.2. The van der Waals surface area contributed by atoms with E-state index in [-0.39, 0.29) is 12.0 Å². The molecule has 1 aliphatic heterocycles. The predicted molar refractivity (Wildman–Crippen MR) is 92.3 cm³/mol. The summed E-state index contributed by atoms with van der Waals surface area (Å²) in [5.41, 5.74) is 1.95. The van der Waals surface area contributed by atoms with Gasteiger partial charge in [-0.25, -0.2) is 9.67 Å². The van der Waals surface area contributed by atoms with E-state index in [9.17, 15) is 4.79 Å². The van der Waals surface area contributed by atoms with Crippen LogP contribution in [-0.2, 0) is 9.63 Å². The number of hydrogen-bond acceptors (Lipinski definition) is 5. The topological polar surface area (TPSA) is 81.4 Å². The number of amides is 1. The van der Waals surface area contributed by atoms with Crippen molar-refractivity contribution in [2.24, 2.45) is 5.16 Å². The van der Waals surface area contributed by atoms with Crippen molar-refractivity contribution in [3.8, 4) is 5.82 Å². The highest BCUT2D eigenvalue weighted by Crippen LogP contribution is 2.27. The van der Waals surface area contributed by atoms with E-state index in [0.717, 1.165) is 5.56 Å². The van der Waals surface area contributed by atoms with E-state index in [1.165, 1.54) is 0 Å². The van der Waals surface area contributed by atoms with E-state index in [1.807, 2.05) is 36.4 Å². The molecule has 0 saturated heterocycles. The van der Waals surface area contributed by atoms with E-state index in [1.54, 1.807) is 35.4 Å². The van der Waals surface area contributed by atoms with Gasteiger partial charge in [0.05, 0.1) is 11.9 Å². The molecule has 4 rings (SSSR count). The van der Waals surface area contributed by atoms with Crippen molar-refractivity contribution in [2.75, 3.05) is 5.32 Å². The molecule has 1 N–H and O–H groups in total. The van der Waals surface area contributed by atoms with E-state index in [2.05, 4.69) is 20.6 Å². The Morgan fingerprint density at radius 1 is 1.16 bits per heavy atom. The first-order chi connectivity index (χ1) is 12.3. The second-order valence-electron chi connectivity index (χ2n) is 5.56. The highest BCUT2D eigenvalue weighted by Gasteiger charge is 2.27. The summed E-state index contributed by atoms with van der Waals surface area (Å²) in [6.07, 6.45) is 5.28. The third-order valence-electron chi connectivity index (χ3n) is 3.85. The lowest BCUT2D eigenvalue weighted by Gasteiger charge is -2.07. The molecule has 0 aliphatic carbocycles. The Hall–Kier alpha value is -3.48. The average Bonchev–Trinajstić information content (AvgIpc) is 3.35. The fourth-order valence-electron chi connectivity index (χ4n) is 2.56. The predicted octanol–water partition coefficient (Wildman–Crippen LogP) is 2.72. The lowest BCUT2D eigenvalue weighted by Crippen LogP contribution is -2.22. The van der Waals surface area contributed by atoms with Crippen LogP contribution in [0.2, 0.25) is 0 Å². The van der Waals surface area contributed by atoms with Gasteiger partial charge in [0.2, 0.25) is 0 Å². The monoisotopic (exact) mass is 333 g/mol. The number of benzene rings is 1. The average molecular weight is 333 g/mol. The number of hydrogen-bond donors (Lipinski definition) is 1. The van der Waals surface area contributed by atoms with Crippen molar-refractivity contribution >= 4 is 17.3 Å². The van der Waals surface area contributed by atoms with E-state index in [4.69, 9.17) is 4.84 Å². The largest absolute Gasteiger partial charge is 0.387 e. The van der Waals surface area contributed by atoms with Crippen LogP contribution in [0.4, 0.5) is 5.69 Å². The second kappa shape index (κ2) is 6.56. The summed E-state index contributed by atoms with van der Waals surface area (Å²) >= 11 is 0. The molecule has 0 radical (unpaired) electrons. The standard InChI is InChI=1S/C18H15N5O2/c24-18(15-11-16(25-22-15)13-5-2-1-3-6-13)21-14-7-8-17(19-12-14)23-10-4-9-20-23/h1-10,12,16H,11H2,(H,21,24)/t16-/m1/s1. The molecule has 0 fully saturated rings. The maximum atomic E-state index is 12.3. The van der Waals surface area contributed by atoms with Gasteiger partial charge in [0.25, 0.3) is 5.91 Å². The molecule has 0 spiro atoms. The number of nitrogens with zero attached hydrogens (tertiary/aromatic N) is 4. The first-order valence-electron chi connectivity index (χ1n) is 7.85. The minimum absolute atomic E-state index is 0.220. The molecule has 3 aromatic rings. The Balaban J connectivity index is 1.39. The van der Waals surface area contributed by atoms with Gasteiger partial charge in [0.1, 0.15) is 5.71 Å². The molecule has 3 heterocycles. The van der Waals surface area contributed by atoms with Crippen LogP contribution in [0.1, 0.15) is 18.1 Å². The van der Waals surface area contributed by atoms with Crippen molar-refractivity contribution in [3.63, 3.8) is 0 Å². The molecule has 1 atom stereocenters. The summed E-state index contributed by atoms with van der Waals surface area (Å²) in [7, 11) is 0. The summed E-state index contributed by atoms with van der Waals surface area (Å²) in [4.78, 5) is 22.0. The fourth-order valence-corrected chi connectivity index (χ4v) is 2.56. The molecule has 0 saturated carbocycles. The number of oxime groups is 1. The number of anilines is 1. The number of carbonyl (C=O) groups is 1. The number of rotatable bonds is 4. The summed E-state index contributed by atoms with van der Waals surface area (Å²) in [6.45, 7) is 0. The van der Waals surface area contributed by atoms with Crippen LogP contribution in [0.25, 0.3) is 5.82 Å². The molecule has 1 aliphatic rings. The molecule has 7 nitrogen and oxygen atoms in total. The summed E-state index contributed by atoms with van der Waals surface area (Å²) in [5, 5.41) is 10.8. The molecular formula is C18H15N5O2. The van der Waals surface area contributed by atoms with Crippen molar-refractivity contribution in [1.29, 1.82) is 0 Å². The first kappa shape index (κ1) is 15.1. The molecular weight excluding hydrogens is 318 g/mol. The lowest BCUT2D eigenvalue weighted by molar-refractivity contribution is -0.110. The van der Waals surface area contributed by atoms with Gasteiger partial charge in [0, 0.05) is 18.8 Å². The van der Waals surface area contributed by atoms with Crippen molar-refractivity contribution in [2.45, 2.75) is 12.5 Å². The smallest absolute Gasteiger partial charge is 0.273 e. The van der Waals surface area contributed by atoms with Crippen LogP contribution >= 0.6 is 0 Å². The second-order valence-corrected chi connectivity index (χ2v) is 5.56. The van der Waals surface area contributed by atoms with Gasteiger partial charge < -0.3 is 10.2 Å². The molecule has 2 aromatic heterocycles. The number of pyridine rings is 1. The molecule has 7 heteroatoms. The van der Waals surface area contributed by atoms with Crippen LogP contribution in [-0.4, -0.2) is 26.4 Å². The Morgan fingerprint density at radius 3 is 2.76 bits per heavy atom. The van der Waals surface area contributed by atoms with Gasteiger partial charge in [-0.2, -0.15) is 5.10 Å². The zero-order chi connectivity index (χ0) is 17.1. The van der Waals surface area contributed by atoms with Gasteiger partial charge in [0.15, 0.2) is 11.9 Å². The molecule has 124 valence electrons.